The molecule has 6 aliphatic heterocycles. The van der Waals surface area contributed by atoms with Crippen LogP contribution in [0, 0.1) is 38.9 Å². The molecular weight excluding hydrogens is 1000 g/mol. The normalized spacial score (nSPS) is 57.0. The van der Waals surface area contributed by atoms with Crippen LogP contribution in [0.2, 0.25) is 0 Å². The number of rotatable bonds is 10. The number of aliphatic hydroxyl groups excluding tert-OH is 12. The van der Waals surface area contributed by atoms with Crippen LogP contribution in [0.25, 0.3) is 0 Å². The first-order valence-electron chi connectivity index (χ1n) is 27.4. The van der Waals surface area contributed by atoms with Crippen LogP contribution < -0.4 is 0 Å². The van der Waals surface area contributed by atoms with Crippen LogP contribution in [-0.4, -0.2) is 232 Å². The van der Waals surface area contributed by atoms with Gasteiger partial charge in [-0.05, 0) is 118 Å². The van der Waals surface area contributed by atoms with Crippen LogP contribution in [0.5, 0.6) is 0 Å². The second-order valence-corrected chi connectivity index (χ2v) is 25.9. The Morgan fingerprint density at radius 3 is 1.80 bits per heavy atom. The molecule has 1 spiro atoms. The Morgan fingerprint density at radius 2 is 1.16 bits per heavy atom. The summed E-state index contributed by atoms with van der Waals surface area (Å²) in [5.74, 6) is -0.543. The van der Waals surface area contributed by atoms with Crippen molar-refractivity contribution in [3.63, 3.8) is 0 Å². The molecule has 434 valence electrons. The lowest BCUT2D eigenvalue weighted by atomic mass is 9.33. The molecule has 0 aromatic rings. The summed E-state index contributed by atoms with van der Waals surface area (Å²) < 4.78 is 55.5. The number of ether oxygens (including phenoxy) is 9. The summed E-state index contributed by atoms with van der Waals surface area (Å²) in [6, 6.07) is 0. The van der Waals surface area contributed by atoms with E-state index in [0.717, 1.165) is 24.0 Å². The van der Waals surface area contributed by atoms with E-state index >= 15 is 0 Å². The van der Waals surface area contributed by atoms with Crippen LogP contribution in [0.3, 0.4) is 0 Å². The summed E-state index contributed by atoms with van der Waals surface area (Å²) >= 11 is 0. The minimum atomic E-state index is -1.97. The molecule has 5 aliphatic carbocycles. The Labute approximate surface area is 441 Å². The van der Waals surface area contributed by atoms with Crippen LogP contribution in [-0.2, 0) is 47.4 Å². The van der Waals surface area contributed by atoms with Crippen LogP contribution in [0.4, 0.5) is 0 Å². The van der Waals surface area contributed by atoms with Crippen LogP contribution in [0.15, 0.2) is 11.1 Å². The van der Waals surface area contributed by atoms with Gasteiger partial charge in [0.1, 0.15) is 96.7 Å². The molecule has 76 heavy (non-hydrogen) atoms. The van der Waals surface area contributed by atoms with Crippen LogP contribution in [0.1, 0.15) is 113 Å². The Bertz CT molecular complexity index is 2200. The standard InChI is InChI=1S/C53H84O23/c1-21-29(58)32(61)35(64)42(69-21)75-39-37(73-45-38(34(63)31(60)26(19-55)71-45)74-43-36(65)33(62)30(59)25(18-54)70-43)24(57)20-68-44(39)72-28-10-11-48(4)27(47(28,2)3)9-12-50(6)41(48)23(56)17-22-40-52(8,67)51(7)14-16-53(40,46(66)76-51)15-13-49(22,50)5/h21,23-39,41-45,54-65,67H,9-20H2,1-8H3/t21-,23-,24-,25?,26+,27-,28-,29-,30+,31+,32+,33-,34-,35+,36+,37-,38+,39+,41+,42-,43-,44-,45-,48-,49+,50+,51-,52-,53+/m0/s1. The van der Waals surface area contributed by atoms with Crippen LogP contribution >= 0.6 is 0 Å². The predicted octanol–water partition coefficient (Wildman–Crippen LogP) is -2.12. The smallest absolute Gasteiger partial charge is 0.316 e. The van der Waals surface area contributed by atoms with Gasteiger partial charge in [-0.3, -0.25) is 4.79 Å². The number of fused-ring (bicyclic) bond motifs is 7. The first-order valence-corrected chi connectivity index (χ1v) is 27.4. The van der Waals surface area contributed by atoms with Gasteiger partial charge in [0, 0.05) is 0 Å². The first-order chi connectivity index (χ1) is 35.5. The van der Waals surface area contributed by atoms with E-state index in [2.05, 4.69) is 34.6 Å². The van der Waals surface area contributed by atoms with Gasteiger partial charge in [-0.1, -0.05) is 40.2 Å². The highest BCUT2D eigenvalue weighted by atomic mass is 16.8. The van der Waals surface area contributed by atoms with Crippen molar-refractivity contribution in [2.24, 2.45) is 38.9 Å². The lowest BCUT2D eigenvalue weighted by Gasteiger charge is -2.73. The quantitative estimate of drug-likeness (QED) is 0.0632. The molecule has 0 amide bonds. The van der Waals surface area contributed by atoms with Gasteiger partial charge < -0.3 is 109 Å². The van der Waals surface area contributed by atoms with Gasteiger partial charge in [-0.25, -0.2) is 0 Å². The summed E-state index contributed by atoms with van der Waals surface area (Å²) in [6.45, 7) is 13.9. The number of carbonyl (C=O) groups excluding carboxylic acids is 1. The van der Waals surface area contributed by atoms with Gasteiger partial charge in [0.05, 0.1) is 43.5 Å². The van der Waals surface area contributed by atoms with Crippen molar-refractivity contribution in [2.45, 2.75) is 253 Å². The molecule has 11 rings (SSSR count). The third-order valence-corrected chi connectivity index (χ3v) is 21.7. The Kier molecular flexibility index (Phi) is 15.0. The minimum Gasteiger partial charge on any atom is -0.455 e. The Morgan fingerprint density at radius 1 is 0.579 bits per heavy atom. The molecule has 6 saturated heterocycles. The Hall–Kier alpha value is -1.63. The maximum Gasteiger partial charge on any atom is 0.316 e. The Balaban J connectivity index is 0.946. The SMILES string of the molecule is C[C@@H]1O[C@@H](O[C@H]2[C@H](O[C@H]3CC[C@]4(C)[C@H]5[C@@H](O)CC6=C7[C@]8(CC[C@](C)(OC8=O)[C@@]7(C)O)CC[C@@]6(C)[C@]5(C)CC[C@H]4C3(C)C)OC[C@H](O)[C@@H]2O[C@@H]2O[C@H](CO)[C@@H](O)[C@H](O)[C@H]2O[C@@H]2OC(CO)[C@@H](O)[C@H](O)[C@H]2O)[C@H](O)[C@H](O)[C@H]1O. The fraction of sp³-hybridized carbons (Fsp3) is 0.943. The maximum absolute atomic E-state index is 13.9. The van der Waals surface area contributed by atoms with Gasteiger partial charge in [-0.15, -0.1) is 0 Å². The van der Waals surface area contributed by atoms with E-state index in [1.54, 1.807) is 6.92 Å². The van der Waals surface area contributed by atoms with E-state index in [-0.39, 0.29) is 17.8 Å². The number of hydrogen-bond acceptors (Lipinski definition) is 23. The molecule has 10 fully saturated rings. The summed E-state index contributed by atoms with van der Waals surface area (Å²) in [4.78, 5) is 13.9. The number of esters is 1. The second-order valence-electron chi connectivity index (χ2n) is 25.9. The number of aliphatic hydroxyl groups is 13. The summed E-state index contributed by atoms with van der Waals surface area (Å²) in [7, 11) is 0. The molecule has 0 aromatic carbocycles. The zero-order valence-electron chi connectivity index (χ0n) is 44.7. The molecule has 0 radical (unpaired) electrons. The van der Waals surface area contributed by atoms with Crippen molar-refractivity contribution in [3.8, 4) is 0 Å². The highest BCUT2D eigenvalue weighted by Gasteiger charge is 2.75. The molecule has 23 heteroatoms. The lowest BCUT2D eigenvalue weighted by molar-refractivity contribution is -0.401. The molecule has 13 N–H and O–H groups in total. The second kappa shape index (κ2) is 19.8. The fourth-order valence-electron chi connectivity index (χ4n) is 16.9. The van der Waals surface area contributed by atoms with Crippen molar-refractivity contribution in [2.75, 3.05) is 19.8 Å². The van der Waals surface area contributed by atoms with E-state index < -0.39 is 187 Å². The van der Waals surface area contributed by atoms with E-state index in [1.807, 2.05) is 6.92 Å². The summed E-state index contributed by atoms with van der Waals surface area (Å²) in [5, 5.41) is 144. The summed E-state index contributed by atoms with van der Waals surface area (Å²) in [5.41, 5.74) is -3.72. The van der Waals surface area contributed by atoms with Crippen molar-refractivity contribution >= 4 is 5.97 Å². The van der Waals surface area contributed by atoms with Gasteiger partial charge in [0.15, 0.2) is 25.2 Å². The van der Waals surface area contributed by atoms with Crippen molar-refractivity contribution < 1.29 is 114 Å². The van der Waals surface area contributed by atoms with Gasteiger partial charge in [0.25, 0.3) is 0 Å². The molecule has 1 unspecified atom stereocenters. The monoisotopic (exact) mass is 1090 g/mol. The van der Waals surface area contributed by atoms with Crippen molar-refractivity contribution in [1.82, 2.24) is 0 Å². The third-order valence-electron chi connectivity index (χ3n) is 21.7. The highest BCUT2D eigenvalue weighted by molar-refractivity contribution is 5.86. The predicted molar refractivity (Wildman–Crippen MR) is 256 cm³/mol. The number of carbonyl (C=O) groups is 1. The van der Waals surface area contributed by atoms with Gasteiger partial charge >= 0.3 is 5.97 Å². The zero-order chi connectivity index (χ0) is 55.4. The molecule has 29 atom stereocenters. The topological polar surface area (TPSA) is 363 Å². The average molecular weight is 1090 g/mol. The van der Waals surface area contributed by atoms with Gasteiger partial charge in [0.2, 0.25) is 0 Å². The minimum absolute atomic E-state index is 0.0530. The van der Waals surface area contributed by atoms with E-state index in [0.29, 0.717) is 44.9 Å². The van der Waals surface area contributed by atoms with E-state index in [1.165, 1.54) is 6.92 Å². The highest BCUT2D eigenvalue weighted by Crippen LogP contribution is 2.77. The molecule has 2 bridgehead atoms. The zero-order valence-corrected chi connectivity index (χ0v) is 44.7. The average Bonchev–Trinajstić information content (AvgIpc) is 3.56. The molecular formula is C53H84O23. The molecule has 11 aliphatic rings. The molecule has 0 aromatic heterocycles. The molecule has 4 saturated carbocycles. The molecule has 23 nitrogen and oxygen atoms in total. The lowest BCUT2D eigenvalue weighted by Crippen LogP contribution is -2.72. The van der Waals surface area contributed by atoms with Gasteiger partial charge in [-0.2, -0.15) is 0 Å². The summed E-state index contributed by atoms with van der Waals surface area (Å²) in [6.07, 6.45) is -28.4. The van der Waals surface area contributed by atoms with E-state index in [4.69, 9.17) is 42.6 Å². The van der Waals surface area contributed by atoms with Crippen molar-refractivity contribution in [3.05, 3.63) is 11.1 Å². The fourth-order valence-corrected chi connectivity index (χ4v) is 16.9. The maximum atomic E-state index is 13.9. The molecule has 6 heterocycles. The van der Waals surface area contributed by atoms with Crippen molar-refractivity contribution in [1.29, 1.82) is 0 Å². The third kappa shape index (κ3) is 8.33. The largest absolute Gasteiger partial charge is 0.455 e. The first kappa shape index (κ1) is 57.6. The van der Waals surface area contributed by atoms with E-state index in [9.17, 15) is 71.2 Å². The number of hydrogen-bond donors (Lipinski definition) is 13.